The minimum atomic E-state index is 0.801. The minimum absolute atomic E-state index is 0.801. The van der Waals surface area contributed by atoms with E-state index in [-0.39, 0.29) is 0 Å². The first kappa shape index (κ1) is 23.3. The van der Waals surface area contributed by atoms with Crippen LogP contribution in [0.3, 0.4) is 0 Å². The summed E-state index contributed by atoms with van der Waals surface area (Å²) in [6.07, 6.45) is 5.85. The molecule has 0 fully saturated rings. The highest BCUT2D eigenvalue weighted by molar-refractivity contribution is 5.90. The number of allylic oxidation sites excluding steroid dienone is 4. The molecule has 38 heavy (non-hydrogen) atoms. The lowest BCUT2D eigenvalue weighted by molar-refractivity contribution is 0.480. The lowest BCUT2D eigenvalue weighted by Gasteiger charge is -2.15. The van der Waals surface area contributed by atoms with E-state index in [1.165, 1.54) is 11.1 Å². The average molecular weight is 490 g/mol. The van der Waals surface area contributed by atoms with Crippen LogP contribution in [0.5, 0.6) is 5.75 Å². The van der Waals surface area contributed by atoms with E-state index < -0.39 is 0 Å². The fraction of sp³-hybridized carbons (Fsp3) is 0. The predicted octanol–water partition coefficient (Wildman–Crippen LogP) is 9.77. The minimum Gasteiger partial charge on any atom is -0.464 e. The second-order valence-electron chi connectivity index (χ2n) is 9.27. The largest absolute Gasteiger partial charge is 0.464 e. The van der Waals surface area contributed by atoms with E-state index in [9.17, 15) is 0 Å². The summed E-state index contributed by atoms with van der Waals surface area (Å²) in [5, 5.41) is 3.50. The Morgan fingerprint density at radius 1 is 0.526 bits per heavy atom. The summed E-state index contributed by atoms with van der Waals surface area (Å²) in [5.74, 6) is 0.801. The van der Waals surface area contributed by atoms with Crippen molar-refractivity contribution < 1.29 is 4.74 Å². The SMILES string of the molecule is C=C1/C=C(c2ccccc2)\C=C/Oc2ccc(-c3ccc(Nc4ccc(-c5ccccc5)cc4)cc3)cc21. The number of benzene rings is 5. The molecule has 0 atom stereocenters. The molecule has 0 amide bonds. The van der Waals surface area contributed by atoms with Gasteiger partial charge in [-0.15, -0.1) is 0 Å². The van der Waals surface area contributed by atoms with Gasteiger partial charge in [0.05, 0.1) is 6.26 Å². The Bertz CT molecular complexity index is 1630. The third-order valence-corrected chi connectivity index (χ3v) is 6.70. The summed E-state index contributed by atoms with van der Waals surface area (Å²) in [6, 6.07) is 44.0. The van der Waals surface area contributed by atoms with Gasteiger partial charge in [-0.3, -0.25) is 0 Å². The van der Waals surface area contributed by atoms with Crippen molar-refractivity contribution in [3.05, 3.63) is 164 Å². The molecule has 1 aliphatic heterocycles. The Balaban J connectivity index is 1.21. The van der Waals surface area contributed by atoms with Gasteiger partial charge in [0.1, 0.15) is 5.75 Å². The van der Waals surface area contributed by atoms with Crippen molar-refractivity contribution in [2.24, 2.45) is 0 Å². The molecule has 1 N–H and O–H groups in total. The smallest absolute Gasteiger partial charge is 0.134 e. The van der Waals surface area contributed by atoms with Gasteiger partial charge in [-0.2, -0.15) is 0 Å². The Kier molecular flexibility index (Phi) is 6.44. The number of fused-ring (bicyclic) bond motifs is 1. The molecule has 5 aromatic rings. The maximum absolute atomic E-state index is 5.97. The van der Waals surface area contributed by atoms with Crippen molar-refractivity contribution in [2.75, 3.05) is 5.32 Å². The van der Waals surface area contributed by atoms with Crippen LogP contribution in [0.25, 0.3) is 33.4 Å². The molecule has 0 aromatic heterocycles. The fourth-order valence-corrected chi connectivity index (χ4v) is 4.66. The summed E-state index contributed by atoms with van der Waals surface area (Å²) < 4.78 is 5.97. The van der Waals surface area contributed by atoms with Crippen molar-refractivity contribution in [3.8, 4) is 28.0 Å². The summed E-state index contributed by atoms with van der Waals surface area (Å²) in [7, 11) is 0. The van der Waals surface area contributed by atoms with Gasteiger partial charge in [-0.1, -0.05) is 97.6 Å². The second kappa shape index (κ2) is 10.5. The number of hydrogen-bond donors (Lipinski definition) is 1. The number of anilines is 2. The van der Waals surface area contributed by atoms with Crippen molar-refractivity contribution in [3.63, 3.8) is 0 Å². The summed E-state index contributed by atoms with van der Waals surface area (Å²) in [4.78, 5) is 0. The molecule has 2 heteroatoms. The Morgan fingerprint density at radius 3 is 1.68 bits per heavy atom. The molecule has 0 unspecified atom stereocenters. The molecular weight excluding hydrogens is 462 g/mol. The average Bonchev–Trinajstić information content (AvgIpc) is 2.97. The maximum atomic E-state index is 5.97. The van der Waals surface area contributed by atoms with E-state index >= 15 is 0 Å². The van der Waals surface area contributed by atoms with Crippen molar-refractivity contribution in [1.82, 2.24) is 0 Å². The molecule has 0 aliphatic carbocycles. The topological polar surface area (TPSA) is 21.3 Å². The Labute approximate surface area is 223 Å². The number of rotatable bonds is 5. The molecule has 0 radical (unpaired) electrons. The normalized spacial score (nSPS) is 14.7. The Morgan fingerprint density at radius 2 is 1.05 bits per heavy atom. The van der Waals surface area contributed by atoms with Gasteiger partial charge in [-0.05, 0) is 87.5 Å². The third kappa shape index (κ3) is 5.07. The molecule has 5 aromatic carbocycles. The Hall–Kier alpha value is -5.08. The van der Waals surface area contributed by atoms with Crippen LogP contribution in [0, 0.1) is 0 Å². The van der Waals surface area contributed by atoms with Gasteiger partial charge in [-0.25, -0.2) is 0 Å². The third-order valence-electron chi connectivity index (χ3n) is 6.70. The van der Waals surface area contributed by atoms with E-state index in [0.29, 0.717) is 0 Å². The van der Waals surface area contributed by atoms with Crippen LogP contribution in [-0.4, -0.2) is 0 Å². The van der Waals surface area contributed by atoms with E-state index in [0.717, 1.165) is 50.5 Å². The first-order valence-corrected chi connectivity index (χ1v) is 12.7. The molecular formula is C36H27NO. The van der Waals surface area contributed by atoms with E-state index in [1.54, 1.807) is 6.26 Å². The highest BCUT2D eigenvalue weighted by Gasteiger charge is 2.12. The van der Waals surface area contributed by atoms with E-state index in [4.69, 9.17) is 4.74 Å². The van der Waals surface area contributed by atoms with Gasteiger partial charge in [0, 0.05) is 16.9 Å². The van der Waals surface area contributed by atoms with Crippen LogP contribution in [0.2, 0.25) is 0 Å². The van der Waals surface area contributed by atoms with Gasteiger partial charge >= 0.3 is 0 Å². The van der Waals surface area contributed by atoms with Crippen molar-refractivity contribution in [2.45, 2.75) is 0 Å². The predicted molar refractivity (Wildman–Crippen MR) is 160 cm³/mol. The van der Waals surface area contributed by atoms with Crippen molar-refractivity contribution >= 4 is 22.5 Å². The van der Waals surface area contributed by atoms with Crippen LogP contribution >= 0.6 is 0 Å². The van der Waals surface area contributed by atoms with Crippen LogP contribution in [0.4, 0.5) is 11.4 Å². The molecule has 182 valence electrons. The van der Waals surface area contributed by atoms with E-state index in [2.05, 4.69) is 115 Å². The fourth-order valence-electron chi connectivity index (χ4n) is 4.66. The first-order chi connectivity index (χ1) is 18.7. The van der Waals surface area contributed by atoms with E-state index in [1.807, 2.05) is 36.4 Å². The van der Waals surface area contributed by atoms with Gasteiger partial charge < -0.3 is 10.1 Å². The highest BCUT2D eigenvalue weighted by atomic mass is 16.5. The van der Waals surface area contributed by atoms with Crippen molar-refractivity contribution in [1.29, 1.82) is 0 Å². The monoisotopic (exact) mass is 489 g/mol. The zero-order valence-corrected chi connectivity index (χ0v) is 21.0. The van der Waals surface area contributed by atoms with Gasteiger partial charge in [0.2, 0.25) is 0 Å². The molecule has 0 bridgehead atoms. The second-order valence-corrected chi connectivity index (χ2v) is 9.27. The number of hydrogen-bond acceptors (Lipinski definition) is 2. The van der Waals surface area contributed by atoms with Crippen LogP contribution < -0.4 is 10.1 Å². The number of ether oxygens (including phenoxy) is 1. The maximum Gasteiger partial charge on any atom is 0.134 e. The quantitative estimate of drug-likeness (QED) is 0.265. The van der Waals surface area contributed by atoms with Gasteiger partial charge in [0.15, 0.2) is 0 Å². The van der Waals surface area contributed by atoms with Crippen LogP contribution in [0.1, 0.15) is 11.1 Å². The van der Waals surface area contributed by atoms with Crippen LogP contribution in [0.15, 0.2) is 152 Å². The zero-order chi connectivity index (χ0) is 25.7. The molecule has 1 heterocycles. The molecule has 0 saturated carbocycles. The van der Waals surface area contributed by atoms with Gasteiger partial charge in [0.25, 0.3) is 0 Å². The number of nitrogens with one attached hydrogen (secondary N) is 1. The lowest BCUT2D eigenvalue weighted by Crippen LogP contribution is -1.95. The zero-order valence-electron chi connectivity index (χ0n) is 21.0. The summed E-state index contributed by atoms with van der Waals surface area (Å²) in [6.45, 7) is 4.35. The molecule has 2 nitrogen and oxygen atoms in total. The summed E-state index contributed by atoms with van der Waals surface area (Å²) >= 11 is 0. The molecule has 1 aliphatic rings. The summed E-state index contributed by atoms with van der Waals surface area (Å²) in [5.41, 5.74) is 10.9. The molecule has 6 rings (SSSR count). The molecule has 0 saturated heterocycles. The molecule has 0 spiro atoms. The van der Waals surface area contributed by atoms with Crippen LogP contribution in [-0.2, 0) is 0 Å². The standard InChI is InChI=1S/C36H27NO/c1-26-24-32(28-10-6-3-7-11-28)22-23-38-36-21-16-31(25-35(26)36)30-14-19-34(20-15-30)37-33-17-12-29(13-18-33)27-8-4-2-5-9-27/h2-25,37H,1H2/b23-22-,32-24+. The first-order valence-electron chi connectivity index (χ1n) is 12.7. The highest BCUT2D eigenvalue weighted by Crippen LogP contribution is 2.35. The lowest BCUT2D eigenvalue weighted by atomic mass is 9.95.